The number of aliphatic hydroxyl groups excluding tert-OH is 2. The molecule has 0 amide bonds. The summed E-state index contributed by atoms with van der Waals surface area (Å²) < 4.78 is 5.47. The maximum absolute atomic E-state index is 12.3. The molecule has 50 heavy (non-hydrogen) atoms. The molecule has 2 bridgehead atoms. The second kappa shape index (κ2) is 12.8. The standard InChI is InChI=1S/C45H69NO4/c1-29-12-15-40-42(2,49)35-13-14-36-33(34(35)27-46(40)26-29)22-39-44(36)17-8-18-45(39)28-43(41(48)23-37(45)38(47)25-44)19-16-30(24-43)21-32(11-7-20-50-3)31-9-5-4-6-10-31/h4-6,9-10,29-30,32-41,47-49H,7-8,11-28H2,1-3H3/t29-,30+,32-,33-,34+,35-,36+,37-,38+,39-,40-,41-,42+,43+,44-,45-/m1/s1. The fourth-order valence-corrected chi connectivity index (χ4v) is 16.6. The Balaban J connectivity index is 0.994. The normalized spacial score (nSPS) is 51.7. The van der Waals surface area contributed by atoms with E-state index < -0.39 is 5.60 Å². The van der Waals surface area contributed by atoms with E-state index in [0.717, 1.165) is 57.6 Å². The molecule has 278 valence electrons. The van der Waals surface area contributed by atoms with Crippen molar-refractivity contribution >= 4 is 0 Å². The van der Waals surface area contributed by atoms with E-state index in [-0.39, 0.29) is 34.4 Å². The number of piperidine rings is 2. The van der Waals surface area contributed by atoms with Gasteiger partial charge in [-0.1, -0.05) is 43.7 Å². The molecule has 5 nitrogen and oxygen atoms in total. The molecule has 1 aromatic rings. The molecule has 5 heteroatoms. The molecule has 2 heterocycles. The third kappa shape index (κ3) is 5.23. The first-order chi connectivity index (χ1) is 24.1. The Hall–Kier alpha value is -0.980. The second-order valence-electron chi connectivity index (χ2n) is 20.4. The van der Waals surface area contributed by atoms with Crippen molar-refractivity contribution < 1.29 is 20.1 Å². The van der Waals surface area contributed by atoms with Crippen LogP contribution in [-0.2, 0) is 4.74 Å². The van der Waals surface area contributed by atoms with Crippen molar-refractivity contribution in [2.24, 2.45) is 63.6 Å². The van der Waals surface area contributed by atoms with E-state index >= 15 is 0 Å². The zero-order chi connectivity index (χ0) is 34.5. The molecule has 1 aromatic carbocycles. The molecule has 2 spiro atoms. The molecular formula is C45H69NO4. The molecule has 0 unspecified atom stereocenters. The number of aliphatic hydroxyl groups is 3. The lowest BCUT2D eigenvalue weighted by Gasteiger charge is -2.68. The molecule has 2 aliphatic heterocycles. The minimum absolute atomic E-state index is 0.0110. The Morgan fingerprint density at radius 2 is 1.68 bits per heavy atom. The van der Waals surface area contributed by atoms with Crippen LogP contribution in [0.5, 0.6) is 0 Å². The molecular weight excluding hydrogens is 618 g/mol. The second-order valence-corrected chi connectivity index (χ2v) is 20.4. The van der Waals surface area contributed by atoms with E-state index in [9.17, 15) is 15.3 Å². The molecule has 6 saturated carbocycles. The maximum Gasteiger partial charge on any atom is 0.0805 e. The number of methoxy groups -OCH3 is 1. The average molecular weight is 688 g/mol. The number of benzene rings is 1. The van der Waals surface area contributed by atoms with Crippen molar-refractivity contribution in [1.82, 2.24) is 4.90 Å². The highest BCUT2D eigenvalue weighted by atomic mass is 16.5. The van der Waals surface area contributed by atoms with Crippen LogP contribution in [-0.4, -0.2) is 70.9 Å². The first kappa shape index (κ1) is 34.8. The number of hydrogen-bond acceptors (Lipinski definition) is 5. The zero-order valence-electron chi connectivity index (χ0n) is 31.7. The van der Waals surface area contributed by atoms with Gasteiger partial charge in [-0.05, 0) is 185 Å². The Bertz CT molecular complexity index is 1370. The summed E-state index contributed by atoms with van der Waals surface area (Å²) in [6.07, 6.45) is 19.5. The summed E-state index contributed by atoms with van der Waals surface area (Å²) in [4.78, 5) is 2.74. The van der Waals surface area contributed by atoms with Gasteiger partial charge in [0.2, 0.25) is 0 Å². The third-order valence-corrected chi connectivity index (χ3v) is 18.3. The van der Waals surface area contributed by atoms with Gasteiger partial charge in [-0.25, -0.2) is 0 Å². The smallest absolute Gasteiger partial charge is 0.0805 e. The lowest BCUT2D eigenvalue weighted by atomic mass is 9.38. The molecule has 0 radical (unpaired) electrons. The lowest BCUT2D eigenvalue weighted by Crippen LogP contribution is -2.67. The van der Waals surface area contributed by atoms with Crippen molar-refractivity contribution in [2.75, 3.05) is 26.8 Å². The van der Waals surface area contributed by atoms with Crippen molar-refractivity contribution in [3.8, 4) is 0 Å². The van der Waals surface area contributed by atoms with E-state index in [1.54, 1.807) is 0 Å². The largest absolute Gasteiger partial charge is 0.393 e. The summed E-state index contributed by atoms with van der Waals surface area (Å²) >= 11 is 0. The van der Waals surface area contributed by atoms with Gasteiger partial charge in [0.25, 0.3) is 0 Å². The SMILES string of the molecule is COCCC[C@H](C[C@@H]1CC[C@]2(C1)C[C@]13CCC[C@]4(C[C@H](O)[C@H]1C[C@H]2O)[C@H]3C[C@@H]1[C@@H]2CN3C[C@H](C)CC[C@@H]3[C@@](C)(O)[C@@H]2CC[C@@H]14)c1ccccc1. The number of fused-ring (bicyclic) bond motifs is 4. The fraction of sp³-hybridized carbons (Fsp3) is 0.867. The molecule has 8 fully saturated rings. The van der Waals surface area contributed by atoms with Gasteiger partial charge in [0.15, 0.2) is 0 Å². The Labute approximate surface area is 303 Å². The van der Waals surface area contributed by atoms with Gasteiger partial charge in [-0.2, -0.15) is 0 Å². The first-order valence-electron chi connectivity index (χ1n) is 21.5. The number of ether oxygens (including phenoxy) is 1. The number of rotatable bonds is 7. The van der Waals surface area contributed by atoms with Gasteiger partial charge >= 0.3 is 0 Å². The Morgan fingerprint density at radius 3 is 2.50 bits per heavy atom. The summed E-state index contributed by atoms with van der Waals surface area (Å²) in [5, 5.41) is 36.7. The van der Waals surface area contributed by atoms with Gasteiger partial charge in [0, 0.05) is 32.8 Å². The van der Waals surface area contributed by atoms with Gasteiger partial charge in [-0.15, -0.1) is 0 Å². The van der Waals surface area contributed by atoms with Crippen LogP contribution in [0.15, 0.2) is 30.3 Å². The predicted octanol–water partition coefficient (Wildman–Crippen LogP) is 8.21. The summed E-state index contributed by atoms with van der Waals surface area (Å²) in [6.45, 7) is 7.80. The van der Waals surface area contributed by atoms with E-state index in [1.165, 1.54) is 82.7 Å². The summed E-state index contributed by atoms with van der Waals surface area (Å²) in [5.41, 5.74) is 1.33. The fourth-order valence-electron chi connectivity index (χ4n) is 16.6. The zero-order valence-corrected chi connectivity index (χ0v) is 31.7. The predicted molar refractivity (Wildman–Crippen MR) is 198 cm³/mol. The maximum atomic E-state index is 12.3. The summed E-state index contributed by atoms with van der Waals surface area (Å²) in [6, 6.07) is 11.5. The van der Waals surface area contributed by atoms with E-state index in [2.05, 4.69) is 49.1 Å². The van der Waals surface area contributed by atoms with Crippen molar-refractivity contribution in [1.29, 1.82) is 0 Å². The molecule has 3 N–H and O–H groups in total. The van der Waals surface area contributed by atoms with Crippen LogP contribution in [0.1, 0.15) is 134 Å². The van der Waals surface area contributed by atoms with Crippen LogP contribution >= 0.6 is 0 Å². The molecule has 16 atom stereocenters. The molecule has 8 aliphatic rings. The Kier molecular flexibility index (Phi) is 8.91. The summed E-state index contributed by atoms with van der Waals surface area (Å²) in [5.74, 6) is 5.27. The van der Waals surface area contributed by atoms with Gasteiger partial charge in [0.1, 0.15) is 0 Å². The van der Waals surface area contributed by atoms with E-state index in [4.69, 9.17) is 4.74 Å². The minimum atomic E-state index is -0.589. The van der Waals surface area contributed by atoms with Gasteiger partial charge < -0.3 is 20.1 Å². The highest BCUT2D eigenvalue weighted by Gasteiger charge is 2.73. The van der Waals surface area contributed by atoms with Crippen LogP contribution < -0.4 is 0 Å². The van der Waals surface area contributed by atoms with Crippen LogP contribution in [0.4, 0.5) is 0 Å². The van der Waals surface area contributed by atoms with E-state index in [1.807, 2.05) is 7.11 Å². The highest BCUT2D eigenvalue weighted by Crippen LogP contribution is 2.78. The average Bonchev–Trinajstić information content (AvgIpc) is 3.66. The number of nitrogens with zero attached hydrogens (tertiary/aromatic N) is 1. The monoisotopic (exact) mass is 688 g/mol. The quantitative estimate of drug-likeness (QED) is 0.252. The van der Waals surface area contributed by atoms with Crippen LogP contribution in [0.2, 0.25) is 0 Å². The minimum Gasteiger partial charge on any atom is -0.393 e. The van der Waals surface area contributed by atoms with Crippen molar-refractivity contribution in [2.45, 2.75) is 153 Å². The third-order valence-electron chi connectivity index (χ3n) is 18.3. The van der Waals surface area contributed by atoms with Crippen molar-refractivity contribution in [3.63, 3.8) is 0 Å². The van der Waals surface area contributed by atoms with Gasteiger partial charge in [0.05, 0.1) is 17.8 Å². The lowest BCUT2D eigenvalue weighted by molar-refractivity contribution is -0.231. The molecule has 9 rings (SSSR count). The van der Waals surface area contributed by atoms with Crippen molar-refractivity contribution in [3.05, 3.63) is 35.9 Å². The molecule has 6 aliphatic carbocycles. The van der Waals surface area contributed by atoms with E-state index in [0.29, 0.717) is 47.5 Å². The molecule has 2 saturated heterocycles. The molecule has 0 aromatic heterocycles. The number of hydrogen-bond donors (Lipinski definition) is 3. The first-order valence-corrected chi connectivity index (χ1v) is 21.5. The summed E-state index contributed by atoms with van der Waals surface area (Å²) in [7, 11) is 1.82. The topological polar surface area (TPSA) is 73.2 Å². The van der Waals surface area contributed by atoms with Gasteiger partial charge in [-0.3, -0.25) is 4.90 Å². The highest BCUT2D eigenvalue weighted by molar-refractivity contribution is 5.24. The van der Waals surface area contributed by atoms with Crippen LogP contribution in [0, 0.1) is 63.6 Å². The Morgan fingerprint density at radius 1 is 0.880 bits per heavy atom. The van der Waals surface area contributed by atoms with Crippen LogP contribution in [0.25, 0.3) is 0 Å². The van der Waals surface area contributed by atoms with Crippen LogP contribution in [0.3, 0.4) is 0 Å².